The van der Waals surface area contributed by atoms with Crippen LogP contribution in [0.1, 0.15) is 12.8 Å². The molecule has 3 aromatic rings. The van der Waals surface area contributed by atoms with Gasteiger partial charge < -0.3 is 18.9 Å². The molecule has 5 rings (SSSR count). The monoisotopic (exact) mass is 392 g/mol. The Balaban J connectivity index is 1.18. The zero-order chi connectivity index (χ0) is 19.8. The van der Waals surface area contributed by atoms with Crippen LogP contribution in [0.2, 0.25) is 0 Å². The minimum Gasteiger partial charge on any atom is -0.484 e. The van der Waals surface area contributed by atoms with Crippen molar-refractivity contribution in [2.24, 2.45) is 13.0 Å². The first kappa shape index (κ1) is 18.3. The molecule has 1 aromatic heterocycles. The lowest BCUT2D eigenvalue weighted by atomic mass is 9.96. The van der Waals surface area contributed by atoms with E-state index in [0.29, 0.717) is 12.5 Å². The molecule has 0 spiro atoms. The minimum atomic E-state index is -0.0252. The molecule has 6 nitrogen and oxygen atoms in total. The zero-order valence-corrected chi connectivity index (χ0v) is 17.1. The summed E-state index contributed by atoms with van der Waals surface area (Å²) in [6.45, 7) is 3.68. The van der Waals surface area contributed by atoms with Crippen LogP contribution >= 0.6 is 0 Å². The van der Waals surface area contributed by atoms with Crippen LogP contribution in [0.5, 0.6) is 11.5 Å². The number of piperidine rings is 1. The van der Waals surface area contributed by atoms with Gasteiger partial charge in [0.15, 0.2) is 17.7 Å². The molecule has 1 atom stereocenters. The molecule has 152 valence electrons. The Labute approximate surface area is 171 Å². The smallest absolute Gasteiger partial charge is 0.206 e. The van der Waals surface area contributed by atoms with Crippen molar-refractivity contribution in [3.05, 3.63) is 48.5 Å². The Bertz CT molecular complexity index is 993. The maximum atomic E-state index is 6.15. The van der Waals surface area contributed by atoms with Crippen molar-refractivity contribution >= 4 is 17.0 Å². The fourth-order valence-electron chi connectivity index (χ4n) is 4.48. The Hall–Kier alpha value is -2.73. The predicted molar refractivity (Wildman–Crippen MR) is 115 cm³/mol. The van der Waals surface area contributed by atoms with E-state index in [1.54, 1.807) is 0 Å². The number of hydrogen-bond acceptors (Lipinski definition) is 5. The number of hydrogen-bond donors (Lipinski definition) is 0. The highest BCUT2D eigenvalue weighted by molar-refractivity contribution is 5.78. The Morgan fingerprint density at radius 3 is 2.55 bits per heavy atom. The van der Waals surface area contributed by atoms with Crippen molar-refractivity contribution in [1.82, 2.24) is 14.5 Å². The first-order chi connectivity index (χ1) is 14.2. The largest absolute Gasteiger partial charge is 0.484 e. The third kappa shape index (κ3) is 3.53. The van der Waals surface area contributed by atoms with Gasteiger partial charge in [0.25, 0.3) is 0 Å². The summed E-state index contributed by atoms with van der Waals surface area (Å²) < 4.78 is 14.2. The molecule has 1 saturated heterocycles. The van der Waals surface area contributed by atoms with Crippen LogP contribution < -0.4 is 14.4 Å². The summed E-state index contributed by atoms with van der Waals surface area (Å²) in [6, 6.07) is 16.3. The van der Waals surface area contributed by atoms with Gasteiger partial charge in [-0.3, -0.25) is 4.90 Å². The summed E-state index contributed by atoms with van der Waals surface area (Å²) in [5, 5.41) is 0. The van der Waals surface area contributed by atoms with E-state index in [1.165, 1.54) is 5.52 Å². The second-order valence-electron chi connectivity index (χ2n) is 8.16. The number of aromatic nitrogens is 2. The molecule has 1 unspecified atom stereocenters. The fraction of sp³-hybridized carbons (Fsp3) is 0.435. The third-order valence-corrected chi connectivity index (χ3v) is 6.19. The maximum Gasteiger partial charge on any atom is 0.206 e. The van der Waals surface area contributed by atoms with Crippen molar-refractivity contribution in [3.63, 3.8) is 0 Å². The molecule has 0 aliphatic carbocycles. The Morgan fingerprint density at radius 2 is 1.76 bits per heavy atom. The van der Waals surface area contributed by atoms with E-state index in [2.05, 4.69) is 52.7 Å². The van der Waals surface area contributed by atoms with E-state index in [-0.39, 0.29) is 6.23 Å². The highest BCUT2D eigenvalue weighted by atomic mass is 16.6. The molecule has 6 heteroatoms. The molecule has 0 amide bonds. The highest BCUT2D eigenvalue weighted by Crippen LogP contribution is 2.32. The van der Waals surface area contributed by atoms with Gasteiger partial charge in [-0.2, -0.15) is 0 Å². The number of likely N-dealkylation sites (N-methyl/N-ethyl adjacent to an activating group) is 1. The first-order valence-corrected chi connectivity index (χ1v) is 10.4. The number of ether oxygens (including phenoxy) is 2. The Kier molecular flexibility index (Phi) is 4.79. The van der Waals surface area contributed by atoms with Crippen LogP contribution in [0.25, 0.3) is 11.0 Å². The van der Waals surface area contributed by atoms with Crippen molar-refractivity contribution in [2.75, 3.05) is 38.2 Å². The molecule has 0 saturated carbocycles. The molecule has 0 bridgehead atoms. The summed E-state index contributed by atoms with van der Waals surface area (Å²) in [5.41, 5.74) is 2.26. The number of anilines is 1. The van der Waals surface area contributed by atoms with Gasteiger partial charge >= 0.3 is 0 Å². The Morgan fingerprint density at radius 1 is 1.03 bits per heavy atom. The summed E-state index contributed by atoms with van der Waals surface area (Å²) in [4.78, 5) is 9.58. The standard InChI is InChI=1S/C23H28N4O2/c1-25(22-16-28-20-9-5-6-10-21(20)29-22)15-17-11-13-27(14-12-17)23-24-18-7-3-4-8-19(18)26(23)2/h3-10,17,22H,11-16H2,1-2H3. The fourth-order valence-corrected chi connectivity index (χ4v) is 4.48. The molecule has 0 N–H and O–H groups in total. The van der Waals surface area contributed by atoms with Crippen LogP contribution in [-0.4, -0.2) is 54.0 Å². The van der Waals surface area contributed by atoms with Crippen molar-refractivity contribution in [3.8, 4) is 11.5 Å². The second-order valence-corrected chi connectivity index (χ2v) is 8.16. The predicted octanol–water partition coefficient (Wildman–Crippen LogP) is 3.52. The number of para-hydroxylation sites is 4. The summed E-state index contributed by atoms with van der Waals surface area (Å²) in [6.07, 6.45) is 2.30. The number of benzene rings is 2. The molecular weight excluding hydrogens is 364 g/mol. The molecule has 3 heterocycles. The van der Waals surface area contributed by atoms with E-state index in [0.717, 1.165) is 55.4 Å². The highest BCUT2D eigenvalue weighted by Gasteiger charge is 2.28. The second kappa shape index (κ2) is 7.59. The molecule has 1 fully saturated rings. The summed E-state index contributed by atoms with van der Waals surface area (Å²) in [7, 11) is 4.25. The summed E-state index contributed by atoms with van der Waals surface area (Å²) in [5.74, 6) is 3.42. The van der Waals surface area contributed by atoms with Crippen molar-refractivity contribution in [1.29, 1.82) is 0 Å². The van der Waals surface area contributed by atoms with Crippen molar-refractivity contribution in [2.45, 2.75) is 19.1 Å². The quantitative estimate of drug-likeness (QED) is 0.680. The van der Waals surface area contributed by atoms with Gasteiger partial charge in [0.05, 0.1) is 11.0 Å². The molecule has 2 aliphatic heterocycles. The SMILES string of the molecule is CN(CC1CCN(c2nc3ccccc3n2C)CC1)C1COc2ccccc2O1. The van der Waals surface area contributed by atoms with Gasteiger partial charge in [0.1, 0.15) is 6.61 Å². The number of aryl methyl sites for hydroxylation is 1. The molecule has 29 heavy (non-hydrogen) atoms. The molecule has 0 radical (unpaired) electrons. The third-order valence-electron chi connectivity index (χ3n) is 6.19. The van der Waals surface area contributed by atoms with E-state index in [1.807, 2.05) is 24.3 Å². The molecular formula is C23H28N4O2. The van der Waals surface area contributed by atoms with Gasteiger partial charge in [0, 0.05) is 26.7 Å². The zero-order valence-electron chi connectivity index (χ0n) is 17.1. The van der Waals surface area contributed by atoms with Gasteiger partial charge in [-0.15, -0.1) is 0 Å². The van der Waals surface area contributed by atoms with Gasteiger partial charge in [-0.25, -0.2) is 4.98 Å². The maximum absolute atomic E-state index is 6.15. The topological polar surface area (TPSA) is 42.8 Å². The number of rotatable bonds is 4. The van der Waals surface area contributed by atoms with Crippen LogP contribution in [0.4, 0.5) is 5.95 Å². The van der Waals surface area contributed by atoms with Gasteiger partial charge in [-0.05, 0) is 50.1 Å². The minimum absolute atomic E-state index is 0.0252. The van der Waals surface area contributed by atoms with E-state index in [9.17, 15) is 0 Å². The van der Waals surface area contributed by atoms with Crippen LogP contribution in [-0.2, 0) is 7.05 Å². The lowest BCUT2D eigenvalue weighted by Crippen LogP contribution is -2.47. The van der Waals surface area contributed by atoms with Gasteiger partial charge in [-0.1, -0.05) is 24.3 Å². The number of fused-ring (bicyclic) bond motifs is 2. The lowest BCUT2D eigenvalue weighted by Gasteiger charge is -2.37. The van der Waals surface area contributed by atoms with Crippen LogP contribution in [0.15, 0.2) is 48.5 Å². The normalized spacial score (nSPS) is 19.8. The number of imidazole rings is 1. The van der Waals surface area contributed by atoms with Crippen molar-refractivity contribution < 1.29 is 9.47 Å². The average Bonchev–Trinajstić information content (AvgIpc) is 3.10. The summed E-state index contributed by atoms with van der Waals surface area (Å²) >= 11 is 0. The van der Waals surface area contributed by atoms with Crippen LogP contribution in [0, 0.1) is 5.92 Å². The lowest BCUT2D eigenvalue weighted by molar-refractivity contribution is -0.0233. The van der Waals surface area contributed by atoms with E-state index in [4.69, 9.17) is 14.5 Å². The first-order valence-electron chi connectivity index (χ1n) is 10.4. The molecule has 2 aliphatic rings. The van der Waals surface area contributed by atoms with E-state index < -0.39 is 0 Å². The van der Waals surface area contributed by atoms with Crippen LogP contribution in [0.3, 0.4) is 0 Å². The van der Waals surface area contributed by atoms with Gasteiger partial charge in [0.2, 0.25) is 5.95 Å². The van der Waals surface area contributed by atoms with E-state index >= 15 is 0 Å². The average molecular weight is 393 g/mol. The molecule has 2 aromatic carbocycles. The number of nitrogens with zero attached hydrogens (tertiary/aromatic N) is 4.